The van der Waals surface area contributed by atoms with Crippen LogP contribution in [-0.2, 0) is 19.1 Å². The van der Waals surface area contributed by atoms with Crippen LogP contribution in [0, 0.1) is 0 Å². The second-order valence-electron chi connectivity index (χ2n) is 3.78. The van der Waals surface area contributed by atoms with Crippen molar-refractivity contribution in [3.05, 3.63) is 35.9 Å². The number of methoxy groups -OCH3 is 2. The molecular weight excluding hydrogens is 234 g/mol. The van der Waals surface area contributed by atoms with Gasteiger partial charge in [-0.15, -0.1) is 0 Å². The average Bonchev–Trinajstić information content (AvgIpc) is 2.39. The Balaban J connectivity index is 2.72. The first kappa shape index (κ1) is 14.2. The molecule has 0 bridgehead atoms. The van der Waals surface area contributed by atoms with Gasteiger partial charge < -0.3 is 14.8 Å². The molecule has 1 aromatic rings. The van der Waals surface area contributed by atoms with E-state index in [9.17, 15) is 9.59 Å². The fraction of sp³-hybridized carbons (Fsp3) is 0.385. The minimum Gasteiger partial charge on any atom is -0.467 e. The van der Waals surface area contributed by atoms with E-state index in [4.69, 9.17) is 4.74 Å². The van der Waals surface area contributed by atoms with Crippen molar-refractivity contribution in [3.8, 4) is 0 Å². The number of rotatable bonds is 5. The number of benzene rings is 1. The highest BCUT2D eigenvalue weighted by Crippen LogP contribution is 2.16. The van der Waals surface area contributed by atoms with Crippen molar-refractivity contribution in [2.75, 3.05) is 14.2 Å². The summed E-state index contributed by atoms with van der Waals surface area (Å²) in [5.74, 6) is -0.868. The van der Waals surface area contributed by atoms with Crippen molar-refractivity contribution >= 4 is 11.9 Å². The SMILES string of the molecule is COC(=O)[C@H](C)NC(=O)[C@H](OC)c1ccccc1. The maximum Gasteiger partial charge on any atom is 0.328 e. The van der Waals surface area contributed by atoms with Gasteiger partial charge in [-0.05, 0) is 12.5 Å². The maximum absolute atomic E-state index is 12.0. The Labute approximate surface area is 106 Å². The Morgan fingerprint density at radius 2 is 1.78 bits per heavy atom. The molecular formula is C13H17NO4. The second-order valence-corrected chi connectivity index (χ2v) is 3.78. The summed E-state index contributed by atoms with van der Waals surface area (Å²) in [5.41, 5.74) is 0.731. The molecule has 1 aromatic carbocycles. The molecule has 18 heavy (non-hydrogen) atoms. The molecule has 98 valence electrons. The van der Waals surface area contributed by atoms with E-state index in [0.29, 0.717) is 0 Å². The zero-order chi connectivity index (χ0) is 13.5. The third-order valence-electron chi connectivity index (χ3n) is 2.49. The Kier molecular flexibility index (Phi) is 5.32. The van der Waals surface area contributed by atoms with Crippen LogP contribution in [0.1, 0.15) is 18.6 Å². The number of hydrogen-bond donors (Lipinski definition) is 1. The molecule has 1 amide bonds. The predicted molar refractivity (Wildman–Crippen MR) is 65.8 cm³/mol. The van der Waals surface area contributed by atoms with Crippen molar-refractivity contribution in [1.29, 1.82) is 0 Å². The molecule has 0 aliphatic heterocycles. The first-order chi connectivity index (χ1) is 8.60. The normalized spacial score (nSPS) is 13.5. The number of hydrogen-bond acceptors (Lipinski definition) is 4. The summed E-state index contributed by atoms with van der Waals surface area (Å²) in [6.45, 7) is 1.56. The number of carbonyl (C=O) groups is 2. The smallest absolute Gasteiger partial charge is 0.328 e. The van der Waals surface area contributed by atoms with Gasteiger partial charge in [0.25, 0.3) is 5.91 Å². The molecule has 2 atom stereocenters. The molecule has 0 heterocycles. The van der Waals surface area contributed by atoms with E-state index in [1.807, 2.05) is 18.2 Å². The van der Waals surface area contributed by atoms with Crippen LogP contribution in [0.15, 0.2) is 30.3 Å². The van der Waals surface area contributed by atoms with Crippen LogP contribution in [0.2, 0.25) is 0 Å². The molecule has 0 aliphatic carbocycles. The summed E-state index contributed by atoms with van der Waals surface area (Å²) < 4.78 is 9.69. The third-order valence-corrected chi connectivity index (χ3v) is 2.49. The fourth-order valence-corrected chi connectivity index (χ4v) is 1.55. The predicted octanol–water partition coefficient (Wildman–Crippen LogP) is 1.05. The van der Waals surface area contributed by atoms with Crippen molar-refractivity contribution in [2.45, 2.75) is 19.1 Å². The topological polar surface area (TPSA) is 64.6 Å². The van der Waals surface area contributed by atoms with E-state index in [1.165, 1.54) is 14.2 Å². The molecule has 0 fully saturated rings. The lowest BCUT2D eigenvalue weighted by Gasteiger charge is -2.18. The van der Waals surface area contributed by atoms with E-state index in [1.54, 1.807) is 19.1 Å². The monoisotopic (exact) mass is 251 g/mol. The molecule has 0 unspecified atom stereocenters. The third kappa shape index (κ3) is 3.56. The van der Waals surface area contributed by atoms with Gasteiger partial charge in [0.05, 0.1) is 7.11 Å². The number of nitrogens with one attached hydrogen (secondary N) is 1. The van der Waals surface area contributed by atoms with Crippen LogP contribution >= 0.6 is 0 Å². The summed E-state index contributed by atoms with van der Waals surface area (Å²) in [4.78, 5) is 23.2. The Hall–Kier alpha value is -1.88. The highest BCUT2D eigenvalue weighted by molar-refractivity contribution is 5.87. The summed E-state index contributed by atoms with van der Waals surface area (Å²) >= 11 is 0. The van der Waals surface area contributed by atoms with E-state index in [2.05, 4.69) is 10.1 Å². The van der Waals surface area contributed by atoms with E-state index < -0.39 is 18.1 Å². The minimum absolute atomic E-state index is 0.374. The number of esters is 1. The molecule has 1 N–H and O–H groups in total. The van der Waals surface area contributed by atoms with Crippen molar-refractivity contribution in [2.24, 2.45) is 0 Å². The van der Waals surface area contributed by atoms with Crippen LogP contribution in [-0.4, -0.2) is 32.1 Å². The number of amides is 1. The molecule has 5 heteroatoms. The molecule has 1 rings (SSSR count). The lowest BCUT2D eigenvalue weighted by molar-refractivity contribution is -0.146. The van der Waals surface area contributed by atoms with Gasteiger partial charge >= 0.3 is 5.97 Å². The van der Waals surface area contributed by atoms with Gasteiger partial charge in [-0.25, -0.2) is 4.79 Å². The molecule has 0 saturated carbocycles. The molecule has 0 saturated heterocycles. The zero-order valence-corrected chi connectivity index (χ0v) is 10.7. The minimum atomic E-state index is -0.738. The highest BCUT2D eigenvalue weighted by Gasteiger charge is 2.24. The van der Waals surface area contributed by atoms with Gasteiger partial charge in [-0.2, -0.15) is 0 Å². The van der Waals surface area contributed by atoms with E-state index in [-0.39, 0.29) is 5.91 Å². The summed E-state index contributed by atoms with van der Waals surface area (Å²) in [5, 5.41) is 2.54. The Morgan fingerprint density at radius 1 is 1.17 bits per heavy atom. The van der Waals surface area contributed by atoms with Gasteiger partial charge in [-0.1, -0.05) is 30.3 Å². The van der Waals surface area contributed by atoms with Gasteiger partial charge in [-0.3, -0.25) is 4.79 Å². The van der Waals surface area contributed by atoms with E-state index in [0.717, 1.165) is 5.56 Å². The van der Waals surface area contributed by atoms with Crippen LogP contribution in [0.4, 0.5) is 0 Å². The van der Waals surface area contributed by atoms with Gasteiger partial charge in [0.15, 0.2) is 6.10 Å². The summed E-state index contributed by atoms with van der Waals surface area (Å²) in [6, 6.07) is 8.36. The maximum atomic E-state index is 12.0. The van der Waals surface area contributed by atoms with Crippen LogP contribution in [0.5, 0.6) is 0 Å². The number of carbonyl (C=O) groups excluding carboxylic acids is 2. The van der Waals surface area contributed by atoms with Crippen LogP contribution in [0.25, 0.3) is 0 Å². The van der Waals surface area contributed by atoms with Crippen molar-refractivity contribution in [1.82, 2.24) is 5.32 Å². The fourth-order valence-electron chi connectivity index (χ4n) is 1.55. The lowest BCUT2D eigenvalue weighted by Crippen LogP contribution is -2.42. The molecule has 0 aliphatic rings. The second kappa shape index (κ2) is 6.76. The molecule has 0 spiro atoms. The van der Waals surface area contributed by atoms with E-state index >= 15 is 0 Å². The average molecular weight is 251 g/mol. The first-order valence-electron chi connectivity index (χ1n) is 5.56. The Bertz CT molecular complexity index is 405. The summed E-state index contributed by atoms with van der Waals surface area (Å²) in [6.07, 6.45) is -0.738. The molecule has 5 nitrogen and oxygen atoms in total. The largest absolute Gasteiger partial charge is 0.467 e. The lowest BCUT2D eigenvalue weighted by atomic mass is 10.1. The van der Waals surface area contributed by atoms with Crippen molar-refractivity contribution in [3.63, 3.8) is 0 Å². The van der Waals surface area contributed by atoms with Crippen LogP contribution in [0.3, 0.4) is 0 Å². The molecule has 0 radical (unpaired) electrons. The number of ether oxygens (including phenoxy) is 2. The highest BCUT2D eigenvalue weighted by atomic mass is 16.5. The zero-order valence-electron chi connectivity index (χ0n) is 10.7. The van der Waals surface area contributed by atoms with Crippen molar-refractivity contribution < 1.29 is 19.1 Å². The van der Waals surface area contributed by atoms with Gasteiger partial charge in [0.1, 0.15) is 6.04 Å². The Morgan fingerprint density at radius 3 is 2.28 bits per heavy atom. The quantitative estimate of drug-likeness (QED) is 0.794. The van der Waals surface area contributed by atoms with Crippen LogP contribution < -0.4 is 5.32 Å². The molecule has 0 aromatic heterocycles. The van der Waals surface area contributed by atoms with Gasteiger partial charge in [0, 0.05) is 7.11 Å². The van der Waals surface area contributed by atoms with Gasteiger partial charge in [0.2, 0.25) is 0 Å². The standard InChI is InChI=1S/C13H17NO4/c1-9(13(16)18-3)14-12(15)11(17-2)10-7-5-4-6-8-10/h4-9,11H,1-3H3,(H,14,15)/t9-,11+/m0/s1. The first-order valence-corrected chi connectivity index (χ1v) is 5.56. The summed E-state index contributed by atoms with van der Waals surface area (Å²) in [7, 11) is 2.72.